The van der Waals surface area contributed by atoms with Crippen molar-refractivity contribution in [2.75, 3.05) is 31.5 Å². The molecule has 0 radical (unpaired) electrons. The Morgan fingerprint density at radius 2 is 1.72 bits per heavy atom. The molecule has 0 unspecified atom stereocenters. The Morgan fingerprint density at radius 1 is 0.944 bits per heavy atom. The van der Waals surface area contributed by atoms with E-state index >= 15 is 0 Å². The average molecular weight is 572 g/mol. The molecule has 6 nitrogen and oxygen atoms in total. The SMILES string of the molecule is O=C(/C=C/c1ccc(Cl)c(Cl)c1)NCCCCCN1CCC(NC(=O)Nc2cccc(Cl)c2Cl)CC1. The highest BCUT2D eigenvalue weighted by Gasteiger charge is 2.20. The summed E-state index contributed by atoms with van der Waals surface area (Å²) in [5, 5.41) is 10.4. The summed E-state index contributed by atoms with van der Waals surface area (Å²) in [4.78, 5) is 26.7. The van der Waals surface area contributed by atoms with Crippen molar-refractivity contribution in [3.05, 3.63) is 68.1 Å². The molecule has 1 fully saturated rings. The van der Waals surface area contributed by atoms with Gasteiger partial charge in [0.1, 0.15) is 0 Å². The molecule has 1 saturated heterocycles. The van der Waals surface area contributed by atoms with Gasteiger partial charge in [-0.1, -0.05) is 65.0 Å². The molecule has 10 heteroatoms. The molecule has 3 amide bonds. The van der Waals surface area contributed by atoms with Crippen LogP contribution in [-0.4, -0.2) is 49.1 Å². The lowest BCUT2D eigenvalue weighted by molar-refractivity contribution is -0.116. The van der Waals surface area contributed by atoms with E-state index in [0.29, 0.717) is 32.3 Å². The molecular formula is C26H30Cl4N4O2. The highest BCUT2D eigenvalue weighted by molar-refractivity contribution is 6.44. The van der Waals surface area contributed by atoms with E-state index in [1.807, 2.05) is 6.07 Å². The van der Waals surface area contributed by atoms with E-state index in [2.05, 4.69) is 20.9 Å². The number of likely N-dealkylation sites (tertiary alicyclic amines) is 1. The summed E-state index contributed by atoms with van der Waals surface area (Å²) < 4.78 is 0. The minimum atomic E-state index is -0.272. The second-order valence-electron chi connectivity index (χ2n) is 8.67. The maximum atomic E-state index is 12.3. The molecule has 0 saturated carbocycles. The second-order valence-corrected chi connectivity index (χ2v) is 10.3. The average Bonchev–Trinajstić information content (AvgIpc) is 2.86. The first-order chi connectivity index (χ1) is 17.3. The number of benzene rings is 2. The van der Waals surface area contributed by atoms with Gasteiger partial charge in [0.2, 0.25) is 5.91 Å². The topological polar surface area (TPSA) is 73.5 Å². The summed E-state index contributed by atoms with van der Waals surface area (Å²) >= 11 is 24.0. The first kappa shape index (κ1) is 28.6. The summed E-state index contributed by atoms with van der Waals surface area (Å²) in [6.07, 6.45) is 8.05. The Bertz CT molecular complexity index is 1070. The van der Waals surface area contributed by atoms with Crippen molar-refractivity contribution in [1.29, 1.82) is 0 Å². The lowest BCUT2D eigenvalue weighted by atomic mass is 10.0. The molecule has 2 aromatic carbocycles. The van der Waals surface area contributed by atoms with Gasteiger partial charge < -0.3 is 20.9 Å². The maximum absolute atomic E-state index is 12.3. The number of halogens is 4. The third-order valence-corrected chi connectivity index (χ3v) is 7.50. The fourth-order valence-electron chi connectivity index (χ4n) is 3.94. The van der Waals surface area contributed by atoms with E-state index in [1.165, 1.54) is 6.08 Å². The van der Waals surface area contributed by atoms with Gasteiger partial charge in [-0.05, 0) is 68.1 Å². The molecular weight excluding hydrogens is 542 g/mol. The zero-order valence-corrected chi connectivity index (χ0v) is 22.9. The fraction of sp³-hybridized carbons (Fsp3) is 0.385. The first-order valence-corrected chi connectivity index (χ1v) is 13.5. The van der Waals surface area contributed by atoms with Crippen LogP contribution >= 0.6 is 46.4 Å². The van der Waals surface area contributed by atoms with Crippen molar-refractivity contribution in [2.45, 2.75) is 38.1 Å². The zero-order valence-electron chi connectivity index (χ0n) is 19.8. The van der Waals surface area contributed by atoms with Gasteiger partial charge in [-0.3, -0.25) is 4.79 Å². The molecule has 1 aliphatic rings. The number of nitrogens with one attached hydrogen (secondary N) is 3. The van der Waals surface area contributed by atoms with Crippen LogP contribution in [0, 0.1) is 0 Å². The number of carbonyl (C=O) groups excluding carboxylic acids is 2. The highest BCUT2D eigenvalue weighted by atomic mass is 35.5. The van der Waals surface area contributed by atoms with Crippen LogP contribution < -0.4 is 16.0 Å². The van der Waals surface area contributed by atoms with E-state index in [0.717, 1.165) is 57.3 Å². The smallest absolute Gasteiger partial charge is 0.319 e. The van der Waals surface area contributed by atoms with Gasteiger partial charge in [-0.2, -0.15) is 0 Å². The number of piperidine rings is 1. The molecule has 194 valence electrons. The molecule has 0 atom stereocenters. The number of urea groups is 1. The Labute approximate surface area is 232 Å². The third-order valence-electron chi connectivity index (χ3n) is 5.94. The molecule has 0 bridgehead atoms. The maximum Gasteiger partial charge on any atom is 0.319 e. The van der Waals surface area contributed by atoms with Gasteiger partial charge >= 0.3 is 6.03 Å². The molecule has 0 aromatic heterocycles. The molecule has 1 heterocycles. The summed E-state index contributed by atoms with van der Waals surface area (Å²) in [5.74, 6) is -0.127. The van der Waals surface area contributed by atoms with Crippen LogP contribution in [0.2, 0.25) is 20.1 Å². The number of anilines is 1. The summed E-state index contributed by atoms with van der Waals surface area (Å²) in [7, 11) is 0. The quantitative estimate of drug-likeness (QED) is 0.215. The second kappa shape index (κ2) is 14.7. The van der Waals surface area contributed by atoms with Crippen LogP contribution in [0.5, 0.6) is 0 Å². The predicted octanol–water partition coefficient (Wildman–Crippen LogP) is 6.89. The Balaban J connectivity index is 1.23. The first-order valence-electron chi connectivity index (χ1n) is 12.0. The number of carbonyl (C=O) groups is 2. The van der Waals surface area contributed by atoms with Crippen molar-refractivity contribution in [2.24, 2.45) is 0 Å². The minimum absolute atomic E-state index is 0.127. The van der Waals surface area contributed by atoms with E-state index in [1.54, 1.807) is 36.4 Å². The number of amides is 3. The Kier molecular flexibility index (Phi) is 11.7. The number of hydrogen-bond donors (Lipinski definition) is 3. The normalized spacial score (nSPS) is 14.7. The van der Waals surface area contributed by atoms with E-state index in [4.69, 9.17) is 46.4 Å². The van der Waals surface area contributed by atoms with Crippen molar-refractivity contribution >= 4 is 70.1 Å². The molecule has 3 rings (SSSR count). The fourth-order valence-corrected chi connectivity index (χ4v) is 4.60. The Morgan fingerprint density at radius 3 is 2.47 bits per heavy atom. The zero-order chi connectivity index (χ0) is 25.9. The van der Waals surface area contributed by atoms with Crippen LogP contribution in [0.15, 0.2) is 42.5 Å². The van der Waals surface area contributed by atoms with Gasteiger partial charge in [0.25, 0.3) is 0 Å². The van der Waals surface area contributed by atoms with Crippen LogP contribution in [0.3, 0.4) is 0 Å². The third kappa shape index (κ3) is 9.49. The number of nitrogens with zero attached hydrogens (tertiary/aromatic N) is 1. The predicted molar refractivity (Wildman–Crippen MR) is 150 cm³/mol. The van der Waals surface area contributed by atoms with Gasteiger partial charge in [0.15, 0.2) is 0 Å². The lowest BCUT2D eigenvalue weighted by Gasteiger charge is -2.32. The van der Waals surface area contributed by atoms with Crippen molar-refractivity contribution in [3.8, 4) is 0 Å². The molecule has 0 aliphatic carbocycles. The standard InChI is InChI=1S/C26H30Cl4N4O2/c27-20-9-7-18(17-22(20)29)8-10-24(35)31-13-2-1-3-14-34-15-11-19(12-16-34)32-26(36)33-23-6-4-5-21(28)25(23)30/h4-10,17,19H,1-3,11-16H2,(H,31,35)(H2,32,33,36)/b10-8+. The van der Waals surface area contributed by atoms with Crippen molar-refractivity contribution in [1.82, 2.24) is 15.5 Å². The van der Waals surface area contributed by atoms with Crippen LogP contribution in [0.4, 0.5) is 10.5 Å². The molecule has 0 spiro atoms. The van der Waals surface area contributed by atoms with Gasteiger partial charge in [-0.25, -0.2) is 4.79 Å². The van der Waals surface area contributed by atoms with Gasteiger partial charge in [0, 0.05) is 31.8 Å². The summed E-state index contributed by atoms with van der Waals surface area (Å²) in [6, 6.07) is 10.2. The Hall–Kier alpha value is -1.96. The number of rotatable bonds is 10. The van der Waals surface area contributed by atoms with Crippen molar-refractivity contribution < 1.29 is 9.59 Å². The summed E-state index contributed by atoms with van der Waals surface area (Å²) in [5.41, 5.74) is 1.32. The van der Waals surface area contributed by atoms with Crippen molar-refractivity contribution in [3.63, 3.8) is 0 Å². The molecule has 2 aromatic rings. The number of hydrogen-bond acceptors (Lipinski definition) is 3. The monoisotopic (exact) mass is 570 g/mol. The van der Waals surface area contributed by atoms with Crippen LogP contribution in [0.1, 0.15) is 37.7 Å². The molecule has 1 aliphatic heterocycles. The molecule has 36 heavy (non-hydrogen) atoms. The highest BCUT2D eigenvalue weighted by Crippen LogP contribution is 2.29. The minimum Gasteiger partial charge on any atom is -0.353 e. The van der Waals surface area contributed by atoms with E-state index < -0.39 is 0 Å². The van der Waals surface area contributed by atoms with Crippen LogP contribution in [0.25, 0.3) is 6.08 Å². The van der Waals surface area contributed by atoms with E-state index in [-0.39, 0.29) is 18.0 Å². The molecule has 3 N–H and O–H groups in total. The van der Waals surface area contributed by atoms with Crippen LogP contribution in [-0.2, 0) is 4.79 Å². The lowest BCUT2D eigenvalue weighted by Crippen LogP contribution is -2.46. The van der Waals surface area contributed by atoms with Gasteiger partial charge in [-0.15, -0.1) is 0 Å². The number of unbranched alkanes of at least 4 members (excludes halogenated alkanes) is 2. The van der Waals surface area contributed by atoms with E-state index in [9.17, 15) is 9.59 Å². The largest absolute Gasteiger partial charge is 0.353 e. The summed E-state index contributed by atoms with van der Waals surface area (Å²) in [6.45, 7) is 3.54. The van der Waals surface area contributed by atoms with Gasteiger partial charge in [0.05, 0.1) is 25.8 Å².